The van der Waals surface area contributed by atoms with Crippen LogP contribution in [0.5, 0.6) is 0 Å². The highest BCUT2D eigenvalue weighted by atomic mass is 35.5. The van der Waals surface area contributed by atoms with Gasteiger partial charge in [-0.2, -0.15) is 0 Å². The van der Waals surface area contributed by atoms with Crippen molar-refractivity contribution in [2.24, 2.45) is 0 Å². The molecule has 0 amide bonds. The predicted molar refractivity (Wildman–Crippen MR) is 491 cm³/mol. The van der Waals surface area contributed by atoms with Gasteiger partial charge in [0, 0.05) is 122 Å². The molecule has 21 rings (SSSR count). The lowest BCUT2D eigenvalue weighted by molar-refractivity contribution is 0.00578. The number of rotatable bonds is 9. The number of aromatic amines is 2. The molecule has 0 spiro atoms. The molecule has 1 saturated heterocycles. The molecule has 13 heteroatoms. The molecule has 0 aliphatic carbocycles. The lowest BCUT2D eigenvalue weighted by Gasteiger charge is -2.40. The van der Waals surface area contributed by atoms with Crippen LogP contribution in [-0.2, 0) is 9.31 Å². The fourth-order valence-electron chi connectivity index (χ4n) is 16.0. The van der Waals surface area contributed by atoms with Crippen LogP contribution in [0.2, 0.25) is 15.1 Å². The van der Waals surface area contributed by atoms with Gasteiger partial charge < -0.3 is 38.5 Å². The molecule has 0 unspecified atom stereocenters. The van der Waals surface area contributed by atoms with Crippen LogP contribution in [0.15, 0.2) is 358 Å². The zero-order valence-electron chi connectivity index (χ0n) is 60.5. The first-order valence-electron chi connectivity index (χ1n) is 36.9. The van der Waals surface area contributed by atoms with Gasteiger partial charge in [-0.3, -0.25) is 0 Å². The summed E-state index contributed by atoms with van der Waals surface area (Å²) in [6, 6.07) is 124. The fraction of sp³-hybridized carbons (Fsp3) is 0.100. The minimum Gasteiger partial charge on any atom is -0.399 e. The Morgan fingerprint density at radius 1 is 0.327 bits per heavy atom. The van der Waals surface area contributed by atoms with E-state index in [9.17, 15) is 0 Å². The third-order valence-electron chi connectivity index (χ3n) is 21.7. The first-order valence-corrected chi connectivity index (χ1v) is 38.0. The Bertz CT molecular complexity index is 6320. The average molecular weight is 1530 g/mol. The minimum atomic E-state index is -0.346. The van der Waals surface area contributed by atoms with E-state index in [4.69, 9.17) is 44.1 Å². The summed E-state index contributed by atoms with van der Waals surface area (Å²) >= 11 is 19.8. The predicted octanol–water partition coefficient (Wildman–Crippen LogP) is 28.0. The van der Waals surface area contributed by atoms with E-state index in [1.807, 2.05) is 115 Å². The van der Waals surface area contributed by atoms with Crippen molar-refractivity contribution in [3.8, 4) is 22.3 Å². The molecule has 3 aliphatic rings. The maximum absolute atomic E-state index is 7.18. The number of fused-ring (bicyclic) bond motifs is 13. The third-order valence-corrected chi connectivity index (χ3v) is 22.9. The third kappa shape index (κ3) is 13.9. The van der Waals surface area contributed by atoms with Gasteiger partial charge in [0.15, 0.2) is 0 Å². The molecule has 0 saturated carbocycles. The van der Waals surface area contributed by atoms with Crippen molar-refractivity contribution >= 4 is 182 Å². The molecular formula is C100H89B2Cl3N6O2. The van der Waals surface area contributed by atoms with Crippen molar-refractivity contribution < 1.29 is 9.31 Å². The summed E-state index contributed by atoms with van der Waals surface area (Å²) < 4.78 is 15.0. The highest BCUT2D eigenvalue weighted by molar-refractivity contribution is 6.90. The molecule has 113 heavy (non-hydrogen) atoms. The topological polar surface area (TPSA) is 64.7 Å². The van der Waals surface area contributed by atoms with E-state index in [1.165, 1.54) is 82.5 Å². The highest BCUT2D eigenvalue weighted by Crippen LogP contribution is 2.48. The maximum atomic E-state index is 7.18. The summed E-state index contributed by atoms with van der Waals surface area (Å²) in [4.78, 5) is 13.9. The molecule has 18 aromatic rings. The molecule has 0 bridgehead atoms. The van der Waals surface area contributed by atoms with E-state index in [0.717, 1.165) is 77.8 Å². The van der Waals surface area contributed by atoms with E-state index < -0.39 is 0 Å². The molecule has 15 aromatic carbocycles. The van der Waals surface area contributed by atoms with Crippen LogP contribution in [0.25, 0.3) is 87.7 Å². The van der Waals surface area contributed by atoms with Crippen molar-refractivity contribution in [2.45, 2.75) is 68.6 Å². The van der Waals surface area contributed by atoms with Crippen molar-refractivity contribution in [1.29, 1.82) is 0 Å². The SMILES string of the molecule is C.C.C.C.CC1(C)OB(c2cccc3c2[nH]c2ccccc23)OC1(C)C.Clc1c(-c2cccc3c2[nH]c2ccccc23)cccc1N(c1ccccc1)c1ccccc1.Clc1cccc(N(c2ccccc2)c2ccccc2)c1Cl.c1ccc(N2c3ccccc3B3c4c(cccc42)-c2cccc4c5ccccc5n3c24)cc1. The summed E-state index contributed by atoms with van der Waals surface area (Å²) in [5.41, 5.74) is 24.7. The molecule has 3 aromatic heterocycles. The number of nitrogens with one attached hydrogen (secondary N) is 2. The van der Waals surface area contributed by atoms with Crippen LogP contribution in [0.1, 0.15) is 57.4 Å². The van der Waals surface area contributed by atoms with Crippen molar-refractivity contribution in [3.63, 3.8) is 0 Å². The second-order valence-electron chi connectivity index (χ2n) is 28.6. The standard InChI is InChI=1S/C30H19BN2.C30H21ClN2.C18H20BNO2.C18H13Cl2N.4CH4/c1-2-10-20(11-3-1)32-27-18-7-5-16-25(27)31-29-22(13-9-19-28(29)32)24-15-8-14-23-21-12-4-6-17-26(21)33(31)30(23)24;31-29-24(26-18-9-17-25-23-15-7-8-19-27(23)32-30(25)26)16-10-20-28(29)33(21-11-3-1-4-12-21)22-13-5-2-6-14-22;1-17(2)18(3,4)22-19(21-17)14-10-7-9-13-12-8-5-6-11-15(12)20-16(13)14;19-16-12-7-13-17(18(16)20)21(14-8-3-1-4-9-14)15-10-5-2-6-11-15;;;;/h1-19H;1-20,32H;5-11,20H,1-4H3;1-13H;4*1H4. The Hall–Kier alpha value is -12.0. The van der Waals surface area contributed by atoms with Gasteiger partial charge in [-0.25, -0.2) is 0 Å². The van der Waals surface area contributed by atoms with Crippen LogP contribution in [-0.4, -0.2) is 39.6 Å². The molecule has 0 atom stereocenters. The zero-order valence-corrected chi connectivity index (χ0v) is 62.7. The summed E-state index contributed by atoms with van der Waals surface area (Å²) in [5, 5.41) is 9.34. The van der Waals surface area contributed by atoms with Crippen LogP contribution < -0.4 is 31.1 Å². The van der Waals surface area contributed by atoms with Crippen LogP contribution in [0.4, 0.5) is 51.2 Å². The van der Waals surface area contributed by atoms with Gasteiger partial charge in [-0.05, 0) is 153 Å². The number of nitrogens with zero attached hydrogens (tertiary/aromatic N) is 4. The first kappa shape index (κ1) is 77.7. The Labute approximate surface area is 679 Å². The smallest absolute Gasteiger partial charge is 0.399 e. The molecular weight excluding hydrogens is 1450 g/mol. The Morgan fingerprint density at radius 3 is 1.31 bits per heavy atom. The van der Waals surface area contributed by atoms with Crippen LogP contribution >= 0.6 is 34.8 Å². The normalized spacial score (nSPS) is 13.0. The van der Waals surface area contributed by atoms with Gasteiger partial charge in [0.2, 0.25) is 0 Å². The van der Waals surface area contributed by atoms with Gasteiger partial charge in [0.1, 0.15) is 0 Å². The van der Waals surface area contributed by atoms with E-state index in [-0.39, 0.29) is 54.9 Å². The molecule has 0 radical (unpaired) electrons. The highest BCUT2D eigenvalue weighted by Gasteiger charge is 2.52. The maximum Gasteiger partial charge on any atom is 0.497 e. The fourth-order valence-corrected chi connectivity index (χ4v) is 16.7. The largest absolute Gasteiger partial charge is 0.497 e. The molecule has 6 heterocycles. The van der Waals surface area contributed by atoms with Crippen LogP contribution in [0.3, 0.4) is 0 Å². The van der Waals surface area contributed by atoms with Gasteiger partial charge in [-0.1, -0.05) is 313 Å². The van der Waals surface area contributed by atoms with Crippen molar-refractivity contribution in [2.75, 3.05) is 14.7 Å². The summed E-state index contributed by atoms with van der Waals surface area (Å²) in [7, 11) is -0.346. The van der Waals surface area contributed by atoms with Crippen molar-refractivity contribution in [3.05, 3.63) is 373 Å². The van der Waals surface area contributed by atoms with Gasteiger partial charge >= 0.3 is 14.0 Å². The number of aromatic nitrogens is 3. The lowest BCUT2D eigenvalue weighted by Crippen LogP contribution is -2.56. The molecule has 1 fully saturated rings. The summed E-state index contributed by atoms with van der Waals surface area (Å²) in [6.07, 6.45) is 0. The zero-order chi connectivity index (χ0) is 73.9. The number of benzene rings is 15. The monoisotopic (exact) mass is 1530 g/mol. The quantitative estimate of drug-likeness (QED) is 0.141. The number of hydrogen-bond donors (Lipinski definition) is 2. The van der Waals surface area contributed by atoms with E-state index >= 15 is 0 Å². The number of H-pyrrole nitrogens is 2. The van der Waals surface area contributed by atoms with Crippen molar-refractivity contribution in [1.82, 2.24) is 14.4 Å². The minimum absolute atomic E-state index is 0. The number of halogens is 3. The first-order chi connectivity index (χ1) is 53.4. The van der Waals surface area contributed by atoms with E-state index in [1.54, 1.807) is 6.07 Å². The van der Waals surface area contributed by atoms with E-state index in [0.29, 0.717) is 10.0 Å². The Balaban J connectivity index is 0.000000126. The van der Waals surface area contributed by atoms with Gasteiger partial charge in [0.05, 0.1) is 43.2 Å². The molecule has 558 valence electrons. The number of anilines is 9. The summed E-state index contributed by atoms with van der Waals surface area (Å²) in [5.74, 6) is 0. The lowest BCUT2D eigenvalue weighted by atomic mass is 9.45. The molecule has 8 nitrogen and oxygen atoms in total. The van der Waals surface area contributed by atoms with Gasteiger partial charge in [0.25, 0.3) is 0 Å². The van der Waals surface area contributed by atoms with E-state index in [2.05, 4.69) is 293 Å². The second-order valence-corrected chi connectivity index (χ2v) is 29.8. The number of para-hydroxylation sites is 12. The number of hydrogen-bond acceptors (Lipinski definition) is 5. The van der Waals surface area contributed by atoms with Crippen LogP contribution in [0, 0.1) is 0 Å². The van der Waals surface area contributed by atoms with Gasteiger partial charge in [-0.15, -0.1) is 0 Å². The second kappa shape index (κ2) is 32.4. The molecule has 2 N–H and O–H groups in total. The summed E-state index contributed by atoms with van der Waals surface area (Å²) in [6.45, 7) is 8.47. The Morgan fingerprint density at radius 2 is 0.726 bits per heavy atom. The average Bonchev–Trinajstić information content (AvgIpc) is 1.61. The molecule has 3 aliphatic heterocycles. The Kier molecular flexibility index (Phi) is 22.3.